The lowest BCUT2D eigenvalue weighted by molar-refractivity contribution is 1.52. The normalized spacial score (nSPS) is 11.1. The summed E-state index contributed by atoms with van der Waals surface area (Å²) in [7, 11) is 0. The molecule has 0 saturated carbocycles. The van der Waals surface area contributed by atoms with Crippen LogP contribution in [0.4, 0.5) is 0 Å². The molecule has 1 heterocycles. The van der Waals surface area contributed by atoms with Crippen LogP contribution in [-0.4, -0.2) is 12.5 Å². The summed E-state index contributed by atoms with van der Waals surface area (Å²) < 4.78 is 0. The third-order valence-electron chi connectivity index (χ3n) is 3.19. The summed E-state index contributed by atoms with van der Waals surface area (Å²) in [6.07, 6.45) is 4.29. The van der Waals surface area contributed by atoms with Gasteiger partial charge in [-0.2, -0.15) is 0 Å². The SMILES string of the molecule is CSc1cc(SC)c2ccc(-c3cccs3)ccc1-2. The van der Waals surface area contributed by atoms with E-state index in [0.29, 0.717) is 0 Å². The molecule has 0 aliphatic heterocycles. The highest BCUT2D eigenvalue weighted by atomic mass is 32.2. The van der Waals surface area contributed by atoms with Crippen LogP contribution in [0.15, 0.2) is 57.6 Å². The lowest BCUT2D eigenvalue weighted by Gasteiger charge is -1.97. The van der Waals surface area contributed by atoms with E-state index < -0.39 is 0 Å². The van der Waals surface area contributed by atoms with Crippen molar-refractivity contribution in [2.75, 3.05) is 12.5 Å². The van der Waals surface area contributed by atoms with Crippen LogP contribution in [0.2, 0.25) is 0 Å². The third-order valence-corrected chi connectivity index (χ3v) is 5.66. The van der Waals surface area contributed by atoms with Gasteiger partial charge in [0.05, 0.1) is 0 Å². The molecule has 0 radical (unpaired) electrons. The van der Waals surface area contributed by atoms with E-state index in [1.807, 2.05) is 23.5 Å². The second kappa shape index (κ2) is 5.61. The molecule has 2 aliphatic rings. The molecule has 0 atom stereocenters. The first-order valence-corrected chi connectivity index (χ1v) is 9.35. The number of thiophene rings is 1. The molecule has 1 aromatic rings. The molecule has 2 aliphatic carbocycles. The van der Waals surface area contributed by atoms with Gasteiger partial charge in [-0.3, -0.25) is 0 Å². The molecule has 3 rings (SSSR count). The number of thioether (sulfide) groups is 2. The summed E-state index contributed by atoms with van der Waals surface area (Å²) in [5.74, 6) is 0. The molecule has 3 heteroatoms. The van der Waals surface area contributed by atoms with Crippen molar-refractivity contribution in [2.45, 2.75) is 9.79 Å². The highest BCUT2D eigenvalue weighted by Crippen LogP contribution is 2.42. The van der Waals surface area contributed by atoms with Crippen molar-refractivity contribution in [1.82, 2.24) is 0 Å². The second-order valence-corrected chi connectivity index (χ2v) is 6.85. The third kappa shape index (κ3) is 2.42. The first-order chi connectivity index (χ1) is 9.33. The average molecular weight is 302 g/mol. The van der Waals surface area contributed by atoms with Gasteiger partial charge in [-0.15, -0.1) is 34.9 Å². The Balaban J connectivity index is 2.19. The van der Waals surface area contributed by atoms with Crippen molar-refractivity contribution in [2.24, 2.45) is 0 Å². The van der Waals surface area contributed by atoms with Crippen molar-refractivity contribution < 1.29 is 0 Å². The number of fused-ring (bicyclic) bond motifs is 1. The Kier molecular flexibility index (Phi) is 3.87. The smallest absolute Gasteiger partial charge is 0.0342 e. The minimum Gasteiger partial charge on any atom is -0.144 e. The quantitative estimate of drug-likeness (QED) is 0.547. The van der Waals surface area contributed by atoms with Gasteiger partial charge in [-0.25, -0.2) is 0 Å². The van der Waals surface area contributed by atoms with Gasteiger partial charge in [-0.1, -0.05) is 30.3 Å². The van der Waals surface area contributed by atoms with E-state index in [4.69, 9.17) is 0 Å². The van der Waals surface area contributed by atoms with Gasteiger partial charge in [0.25, 0.3) is 0 Å². The maximum Gasteiger partial charge on any atom is 0.0342 e. The zero-order chi connectivity index (χ0) is 13.2. The van der Waals surface area contributed by atoms with Gasteiger partial charge in [0, 0.05) is 14.7 Å². The molecule has 0 nitrogen and oxygen atoms in total. The molecular weight excluding hydrogens is 288 g/mol. The van der Waals surface area contributed by atoms with Gasteiger partial charge in [0.15, 0.2) is 0 Å². The Morgan fingerprint density at radius 2 is 1.47 bits per heavy atom. The van der Waals surface area contributed by atoms with Crippen molar-refractivity contribution >= 4 is 34.9 Å². The van der Waals surface area contributed by atoms with Crippen LogP contribution in [0.5, 0.6) is 0 Å². The van der Waals surface area contributed by atoms with Gasteiger partial charge in [0.1, 0.15) is 0 Å². The molecule has 19 heavy (non-hydrogen) atoms. The molecule has 0 saturated heterocycles. The van der Waals surface area contributed by atoms with Crippen LogP contribution >= 0.6 is 34.9 Å². The summed E-state index contributed by atoms with van der Waals surface area (Å²) in [4.78, 5) is 4.06. The van der Waals surface area contributed by atoms with Crippen LogP contribution in [0.25, 0.3) is 21.6 Å². The van der Waals surface area contributed by atoms with Crippen LogP contribution in [0, 0.1) is 0 Å². The maximum absolute atomic E-state index is 2.30. The Labute approximate surface area is 126 Å². The number of hydrogen-bond acceptors (Lipinski definition) is 3. The van der Waals surface area contributed by atoms with Crippen molar-refractivity contribution in [3.05, 3.63) is 47.8 Å². The fourth-order valence-electron chi connectivity index (χ4n) is 2.23. The predicted molar refractivity (Wildman–Crippen MR) is 89.9 cm³/mol. The summed E-state index contributed by atoms with van der Waals surface area (Å²) in [5, 5.41) is 2.13. The predicted octanol–water partition coefficient (Wildman–Crippen LogP) is 5.96. The van der Waals surface area contributed by atoms with E-state index in [0.717, 1.165) is 0 Å². The standard InChI is InChI=1S/C16H14S3/c1-17-15-10-16(18-2)13-8-6-11(5-7-12(13)15)14-4-3-9-19-14/h3-10H,1-2H3. The van der Waals surface area contributed by atoms with Gasteiger partial charge < -0.3 is 0 Å². The largest absolute Gasteiger partial charge is 0.144 e. The fourth-order valence-corrected chi connectivity index (χ4v) is 4.31. The number of rotatable bonds is 3. The average Bonchev–Trinajstić information content (AvgIpc) is 3.02. The Morgan fingerprint density at radius 1 is 0.842 bits per heavy atom. The Hall–Kier alpha value is -0.900. The maximum atomic E-state index is 2.30. The summed E-state index contributed by atoms with van der Waals surface area (Å²) >= 11 is 5.43. The highest BCUT2D eigenvalue weighted by Gasteiger charge is 2.13. The molecular formula is C16H14S3. The van der Waals surface area contributed by atoms with E-state index in [1.54, 1.807) is 11.3 Å². The molecule has 0 fully saturated rings. The molecule has 96 valence electrons. The van der Waals surface area contributed by atoms with E-state index in [2.05, 4.69) is 60.4 Å². The lowest BCUT2D eigenvalue weighted by atomic mass is 10.2. The molecule has 0 unspecified atom stereocenters. The second-order valence-electron chi connectivity index (χ2n) is 4.21. The van der Waals surface area contributed by atoms with Crippen molar-refractivity contribution in [3.8, 4) is 21.6 Å². The Bertz CT molecular complexity index is 617. The first-order valence-electron chi connectivity index (χ1n) is 6.02. The van der Waals surface area contributed by atoms with E-state index >= 15 is 0 Å². The molecule has 0 bridgehead atoms. The monoisotopic (exact) mass is 302 g/mol. The Morgan fingerprint density at radius 3 is 1.95 bits per heavy atom. The van der Waals surface area contributed by atoms with Gasteiger partial charge in [0.2, 0.25) is 0 Å². The lowest BCUT2D eigenvalue weighted by Crippen LogP contribution is -1.69. The summed E-state index contributed by atoms with van der Waals surface area (Å²) in [5.41, 5.74) is 4.02. The van der Waals surface area contributed by atoms with Crippen LogP contribution in [0.3, 0.4) is 0 Å². The zero-order valence-electron chi connectivity index (χ0n) is 10.8. The summed E-state index contributed by atoms with van der Waals surface area (Å²) in [6.45, 7) is 0. The first kappa shape index (κ1) is 13.1. The fraction of sp³-hybridized carbons (Fsp3) is 0.125. The van der Waals surface area contributed by atoms with Crippen LogP contribution < -0.4 is 0 Å². The minimum absolute atomic E-state index is 1.30. The zero-order valence-corrected chi connectivity index (χ0v) is 13.3. The van der Waals surface area contributed by atoms with E-state index in [9.17, 15) is 0 Å². The van der Waals surface area contributed by atoms with E-state index in [-0.39, 0.29) is 0 Å². The number of hydrogen-bond donors (Lipinski definition) is 0. The molecule has 0 amide bonds. The van der Waals surface area contributed by atoms with Gasteiger partial charge in [-0.05, 0) is 46.7 Å². The van der Waals surface area contributed by atoms with Gasteiger partial charge >= 0.3 is 0 Å². The summed E-state index contributed by atoms with van der Waals surface area (Å²) in [6, 6.07) is 15.6. The van der Waals surface area contributed by atoms with Crippen LogP contribution in [-0.2, 0) is 0 Å². The van der Waals surface area contributed by atoms with E-state index in [1.165, 1.54) is 31.4 Å². The highest BCUT2D eigenvalue weighted by molar-refractivity contribution is 7.99. The van der Waals surface area contributed by atoms with Crippen molar-refractivity contribution in [3.63, 3.8) is 0 Å². The van der Waals surface area contributed by atoms with Crippen LogP contribution in [0.1, 0.15) is 0 Å². The molecule has 0 spiro atoms. The minimum atomic E-state index is 1.30. The molecule has 1 aromatic heterocycles. The molecule has 0 aromatic carbocycles. The topological polar surface area (TPSA) is 0 Å². The van der Waals surface area contributed by atoms with Crippen molar-refractivity contribution in [1.29, 1.82) is 0 Å². The molecule has 0 N–H and O–H groups in total.